The second-order valence-electron chi connectivity index (χ2n) is 5.10. The van der Waals surface area contributed by atoms with Gasteiger partial charge in [-0.25, -0.2) is 9.98 Å². The molecule has 0 aliphatic carbocycles. The van der Waals surface area contributed by atoms with Crippen LogP contribution in [-0.2, 0) is 6.54 Å². The van der Waals surface area contributed by atoms with Gasteiger partial charge in [0.25, 0.3) is 0 Å². The first kappa shape index (κ1) is 16.6. The maximum Gasteiger partial charge on any atom is 0.573 e. The Morgan fingerprint density at radius 2 is 1.96 bits per heavy atom. The highest BCUT2D eigenvalue weighted by Crippen LogP contribution is 2.23. The standard InChI is InChI=1S/C16H14F3N5O/c17-16(18,19)25-13-6-4-11(5-7-13)23-15(20)21-9-12-10-24-8-2-1-3-14(24)22-12/h1-8,10H,9H2,(H3,20,21,23). The number of benzene rings is 1. The molecule has 0 bridgehead atoms. The number of nitrogens with two attached hydrogens (primary N) is 1. The number of hydrogen-bond acceptors (Lipinski definition) is 3. The van der Waals surface area contributed by atoms with Gasteiger partial charge in [0.2, 0.25) is 0 Å². The van der Waals surface area contributed by atoms with E-state index >= 15 is 0 Å². The second kappa shape index (κ2) is 6.71. The molecule has 9 heteroatoms. The summed E-state index contributed by atoms with van der Waals surface area (Å²) in [4.78, 5) is 8.55. The Kier molecular flexibility index (Phi) is 4.46. The lowest BCUT2D eigenvalue weighted by atomic mass is 10.3. The van der Waals surface area contributed by atoms with Crippen molar-refractivity contribution >= 4 is 17.3 Å². The summed E-state index contributed by atoms with van der Waals surface area (Å²) in [7, 11) is 0. The van der Waals surface area contributed by atoms with Crippen LogP contribution < -0.4 is 15.8 Å². The predicted molar refractivity (Wildman–Crippen MR) is 87.3 cm³/mol. The smallest absolute Gasteiger partial charge is 0.406 e. The highest BCUT2D eigenvalue weighted by Gasteiger charge is 2.30. The normalized spacial score (nSPS) is 12.4. The van der Waals surface area contributed by atoms with Crippen LogP contribution in [0.2, 0.25) is 0 Å². The Balaban J connectivity index is 1.61. The van der Waals surface area contributed by atoms with E-state index in [4.69, 9.17) is 5.73 Å². The van der Waals surface area contributed by atoms with Gasteiger partial charge in [-0.3, -0.25) is 0 Å². The van der Waals surface area contributed by atoms with Gasteiger partial charge in [-0.05, 0) is 36.4 Å². The van der Waals surface area contributed by atoms with Crippen LogP contribution in [0.25, 0.3) is 5.65 Å². The molecular formula is C16H14F3N5O. The monoisotopic (exact) mass is 349 g/mol. The molecule has 0 spiro atoms. The van der Waals surface area contributed by atoms with Crippen LogP contribution in [-0.4, -0.2) is 21.7 Å². The fraction of sp³-hybridized carbons (Fsp3) is 0.125. The zero-order chi connectivity index (χ0) is 17.9. The Morgan fingerprint density at radius 3 is 2.64 bits per heavy atom. The van der Waals surface area contributed by atoms with Crippen LogP contribution >= 0.6 is 0 Å². The Bertz CT molecular complexity index is 854. The van der Waals surface area contributed by atoms with Crippen molar-refractivity contribution < 1.29 is 17.9 Å². The Labute approximate surface area is 140 Å². The van der Waals surface area contributed by atoms with Gasteiger partial charge in [-0.1, -0.05) is 6.07 Å². The lowest BCUT2D eigenvalue weighted by Gasteiger charge is -2.10. The molecule has 0 amide bonds. The lowest BCUT2D eigenvalue weighted by molar-refractivity contribution is -0.274. The predicted octanol–water partition coefficient (Wildman–Crippen LogP) is 3.16. The number of imidazole rings is 1. The molecule has 0 radical (unpaired) electrons. The average Bonchev–Trinajstić information content (AvgIpc) is 2.96. The fourth-order valence-electron chi connectivity index (χ4n) is 2.16. The van der Waals surface area contributed by atoms with E-state index in [0.29, 0.717) is 5.69 Å². The number of aromatic nitrogens is 2. The van der Waals surface area contributed by atoms with Crippen LogP contribution in [0, 0.1) is 0 Å². The number of nitrogens with zero attached hydrogens (tertiary/aromatic N) is 3. The number of nitrogens with one attached hydrogen (secondary N) is 1. The molecule has 25 heavy (non-hydrogen) atoms. The molecule has 0 atom stereocenters. The van der Waals surface area contributed by atoms with Crippen LogP contribution in [0.15, 0.2) is 59.9 Å². The Morgan fingerprint density at radius 1 is 1.20 bits per heavy atom. The van der Waals surface area contributed by atoms with Crippen LogP contribution in [0.5, 0.6) is 5.75 Å². The summed E-state index contributed by atoms with van der Waals surface area (Å²) in [5.74, 6) is -0.181. The lowest BCUT2D eigenvalue weighted by Crippen LogP contribution is -2.22. The number of alkyl halides is 3. The third-order valence-electron chi connectivity index (χ3n) is 3.19. The Hall–Kier alpha value is -3.23. The molecule has 1 aromatic carbocycles. The molecule has 2 heterocycles. The zero-order valence-electron chi connectivity index (χ0n) is 12.9. The molecule has 3 rings (SSSR count). The first-order valence-electron chi connectivity index (χ1n) is 7.24. The number of fused-ring (bicyclic) bond motifs is 1. The minimum atomic E-state index is -4.72. The van der Waals surface area contributed by atoms with Crippen molar-refractivity contribution in [1.29, 1.82) is 0 Å². The number of guanidine groups is 1. The topological polar surface area (TPSA) is 76.9 Å². The van der Waals surface area contributed by atoms with Crippen molar-refractivity contribution in [1.82, 2.24) is 9.38 Å². The van der Waals surface area contributed by atoms with E-state index in [9.17, 15) is 13.2 Å². The van der Waals surface area contributed by atoms with E-state index < -0.39 is 6.36 Å². The summed E-state index contributed by atoms with van der Waals surface area (Å²) >= 11 is 0. The van der Waals surface area contributed by atoms with Crippen molar-refractivity contribution in [3.05, 3.63) is 60.6 Å². The minimum Gasteiger partial charge on any atom is -0.406 e. The van der Waals surface area contributed by atoms with Gasteiger partial charge in [0.1, 0.15) is 11.4 Å². The molecule has 3 aromatic rings. The molecule has 3 N–H and O–H groups in total. The maximum atomic E-state index is 12.1. The number of anilines is 1. The highest BCUT2D eigenvalue weighted by molar-refractivity contribution is 5.92. The summed E-state index contributed by atoms with van der Waals surface area (Å²) in [6.07, 6.45) is -0.999. The van der Waals surface area contributed by atoms with Crippen LogP contribution in [0.4, 0.5) is 18.9 Å². The van der Waals surface area contributed by atoms with Crippen LogP contribution in [0.1, 0.15) is 5.69 Å². The van der Waals surface area contributed by atoms with Crippen molar-refractivity contribution in [3.63, 3.8) is 0 Å². The summed E-state index contributed by atoms with van der Waals surface area (Å²) in [6, 6.07) is 10.8. The van der Waals surface area contributed by atoms with E-state index in [1.807, 2.05) is 35.0 Å². The number of rotatable bonds is 4. The largest absolute Gasteiger partial charge is 0.573 e. The number of halogens is 3. The summed E-state index contributed by atoms with van der Waals surface area (Å²) in [6.45, 7) is 0.274. The van der Waals surface area contributed by atoms with Gasteiger partial charge < -0.3 is 20.2 Å². The third kappa shape index (κ3) is 4.63. The fourth-order valence-corrected chi connectivity index (χ4v) is 2.16. The molecule has 2 aromatic heterocycles. The number of aliphatic imine (C=N–C) groups is 1. The van der Waals surface area contributed by atoms with Crippen LogP contribution in [0.3, 0.4) is 0 Å². The molecular weight excluding hydrogens is 335 g/mol. The van der Waals surface area contributed by atoms with E-state index in [-0.39, 0.29) is 18.3 Å². The molecule has 0 saturated carbocycles. The van der Waals surface area contributed by atoms with Gasteiger partial charge in [-0.15, -0.1) is 13.2 Å². The van der Waals surface area contributed by atoms with Gasteiger partial charge >= 0.3 is 6.36 Å². The number of ether oxygens (including phenoxy) is 1. The van der Waals surface area contributed by atoms with Gasteiger partial charge in [0, 0.05) is 18.1 Å². The molecule has 0 fully saturated rings. The minimum absolute atomic E-state index is 0.126. The van der Waals surface area contributed by atoms with Gasteiger partial charge in [-0.2, -0.15) is 0 Å². The van der Waals surface area contributed by atoms with Gasteiger partial charge in [0.15, 0.2) is 5.96 Å². The summed E-state index contributed by atoms with van der Waals surface area (Å²) in [5.41, 5.74) is 7.82. The molecule has 0 aliphatic heterocycles. The first-order chi connectivity index (χ1) is 11.9. The molecule has 6 nitrogen and oxygen atoms in total. The molecule has 0 unspecified atom stereocenters. The second-order valence-corrected chi connectivity index (χ2v) is 5.10. The van der Waals surface area contributed by atoms with E-state index in [2.05, 4.69) is 20.0 Å². The third-order valence-corrected chi connectivity index (χ3v) is 3.19. The number of pyridine rings is 1. The van der Waals surface area contributed by atoms with E-state index in [1.165, 1.54) is 24.3 Å². The average molecular weight is 349 g/mol. The van der Waals surface area contributed by atoms with Crippen molar-refractivity contribution in [2.45, 2.75) is 12.9 Å². The summed E-state index contributed by atoms with van der Waals surface area (Å²) in [5, 5.41) is 2.79. The van der Waals surface area contributed by atoms with Crippen molar-refractivity contribution in [2.24, 2.45) is 10.7 Å². The van der Waals surface area contributed by atoms with Crippen molar-refractivity contribution in [2.75, 3.05) is 5.32 Å². The molecule has 0 saturated heterocycles. The SMILES string of the molecule is NC(=NCc1cn2ccccc2n1)Nc1ccc(OC(F)(F)F)cc1. The first-order valence-corrected chi connectivity index (χ1v) is 7.24. The summed E-state index contributed by atoms with van der Waals surface area (Å²) < 4.78 is 42.0. The highest BCUT2D eigenvalue weighted by atomic mass is 19.4. The maximum absolute atomic E-state index is 12.1. The zero-order valence-corrected chi connectivity index (χ0v) is 12.9. The molecule has 130 valence electrons. The van der Waals surface area contributed by atoms with E-state index in [0.717, 1.165) is 11.3 Å². The molecule has 0 aliphatic rings. The number of hydrogen-bond donors (Lipinski definition) is 2. The quantitative estimate of drug-likeness (QED) is 0.560. The van der Waals surface area contributed by atoms with E-state index in [1.54, 1.807) is 0 Å². The van der Waals surface area contributed by atoms with Crippen molar-refractivity contribution in [3.8, 4) is 5.75 Å². The van der Waals surface area contributed by atoms with Gasteiger partial charge in [0.05, 0.1) is 12.2 Å².